The zero-order chi connectivity index (χ0) is 15.8. The Kier molecular flexibility index (Phi) is 6.36. The van der Waals surface area contributed by atoms with E-state index in [9.17, 15) is 9.59 Å². The number of hydrogen-bond acceptors (Lipinski definition) is 5. The molecule has 1 aliphatic heterocycles. The number of carbonyl (C=O) groups is 2. The summed E-state index contributed by atoms with van der Waals surface area (Å²) in [5.41, 5.74) is 1.59. The standard InChI is InChI=1S/C16H22N2O4/c1-13(19)17-15-4-2-14(3-5-15)12-16(20)22-11-8-18-6-9-21-10-7-18/h2-5H,6-12H2,1H3,(H,17,19). The summed E-state index contributed by atoms with van der Waals surface area (Å²) < 4.78 is 10.5. The minimum absolute atomic E-state index is 0.115. The second-order valence-corrected chi connectivity index (χ2v) is 5.23. The van der Waals surface area contributed by atoms with Crippen LogP contribution >= 0.6 is 0 Å². The maximum absolute atomic E-state index is 11.8. The molecule has 22 heavy (non-hydrogen) atoms. The molecule has 1 saturated heterocycles. The van der Waals surface area contributed by atoms with Crippen LogP contribution in [-0.4, -0.2) is 56.2 Å². The molecular weight excluding hydrogens is 284 g/mol. The van der Waals surface area contributed by atoms with Crippen molar-refractivity contribution in [2.45, 2.75) is 13.3 Å². The van der Waals surface area contributed by atoms with Crippen molar-refractivity contribution in [2.75, 3.05) is 44.8 Å². The molecular formula is C16H22N2O4. The van der Waals surface area contributed by atoms with E-state index in [2.05, 4.69) is 10.2 Å². The maximum Gasteiger partial charge on any atom is 0.310 e. The van der Waals surface area contributed by atoms with Gasteiger partial charge in [-0.1, -0.05) is 12.1 Å². The highest BCUT2D eigenvalue weighted by Crippen LogP contribution is 2.10. The first-order valence-electron chi connectivity index (χ1n) is 7.46. The van der Waals surface area contributed by atoms with Crippen molar-refractivity contribution < 1.29 is 19.1 Å². The van der Waals surface area contributed by atoms with Crippen LogP contribution in [-0.2, 0) is 25.5 Å². The number of hydrogen-bond donors (Lipinski definition) is 1. The van der Waals surface area contributed by atoms with Gasteiger partial charge in [0, 0.05) is 32.2 Å². The third kappa shape index (κ3) is 5.83. The number of nitrogens with one attached hydrogen (secondary N) is 1. The molecule has 0 bridgehead atoms. The summed E-state index contributed by atoms with van der Waals surface area (Å²) in [7, 11) is 0. The van der Waals surface area contributed by atoms with E-state index in [0.29, 0.717) is 6.61 Å². The number of amides is 1. The van der Waals surface area contributed by atoms with Gasteiger partial charge in [-0.05, 0) is 17.7 Å². The van der Waals surface area contributed by atoms with E-state index in [1.54, 1.807) is 12.1 Å². The molecule has 1 aromatic rings. The molecule has 1 heterocycles. The molecule has 0 aromatic heterocycles. The van der Waals surface area contributed by atoms with Crippen LogP contribution in [0, 0.1) is 0 Å². The lowest BCUT2D eigenvalue weighted by Gasteiger charge is -2.26. The molecule has 0 saturated carbocycles. The van der Waals surface area contributed by atoms with Crippen LogP contribution in [0.4, 0.5) is 5.69 Å². The Morgan fingerprint density at radius 3 is 2.55 bits per heavy atom. The summed E-state index contributed by atoms with van der Waals surface area (Å²) in [4.78, 5) is 24.9. The van der Waals surface area contributed by atoms with Crippen LogP contribution in [0.1, 0.15) is 12.5 Å². The molecule has 0 spiro atoms. The van der Waals surface area contributed by atoms with Gasteiger partial charge in [0.2, 0.25) is 5.91 Å². The topological polar surface area (TPSA) is 67.9 Å². The van der Waals surface area contributed by atoms with Crippen molar-refractivity contribution in [1.82, 2.24) is 4.90 Å². The first-order valence-corrected chi connectivity index (χ1v) is 7.46. The van der Waals surface area contributed by atoms with E-state index >= 15 is 0 Å². The predicted octanol–water partition coefficient (Wildman–Crippen LogP) is 1.06. The lowest BCUT2D eigenvalue weighted by molar-refractivity contribution is -0.143. The van der Waals surface area contributed by atoms with Gasteiger partial charge in [0.1, 0.15) is 6.61 Å². The van der Waals surface area contributed by atoms with Gasteiger partial charge in [0.25, 0.3) is 0 Å². The fraction of sp³-hybridized carbons (Fsp3) is 0.500. The Labute approximate surface area is 130 Å². The average Bonchev–Trinajstić information content (AvgIpc) is 2.50. The SMILES string of the molecule is CC(=O)Nc1ccc(CC(=O)OCCN2CCOCC2)cc1. The van der Waals surface area contributed by atoms with Gasteiger partial charge in [-0.2, -0.15) is 0 Å². The quantitative estimate of drug-likeness (QED) is 0.796. The first kappa shape index (κ1) is 16.5. The smallest absolute Gasteiger partial charge is 0.310 e. The monoisotopic (exact) mass is 306 g/mol. The van der Waals surface area contributed by atoms with Gasteiger partial charge >= 0.3 is 5.97 Å². The lowest BCUT2D eigenvalue weighted by atomic mass is 10.1. The summed E-state index contributed by atoms with van der Waals surface area (Å²) in [6.07, 6.45) is 0.240. The average molecular weight is 306 g/mol. The van der Waals surface area contributed by atoms with Crippen LogP contribution < -0.4 is 5.32 Å². The van der Waals surface area contributed by atoms with Crippen LogP contribution in [0.25, 0.3) is 0 Å². The van der Waals surface area contributed by atoms with Gasteiger partial charge in [0.05, 0.1) is 19.6 Å². The molecule has 120 valence electrons. The predicted molar refractivity (Wildman–Crippen MR) is 82.7 cm³/mol. The molecule has 1 amide bonds. The van der Waals surface area contributed by atoms with Gasteiger partial charge in [-0.15, -0.1) is 0 Å². The normalized spacial score (nSPS) is 15.3. The van der Waals surface area contributed by atoms with Crippen molar-refractivity contribution in [3.8, 4) is 0 Å². The van der Waals surface area contributed by atoms with Gasteiger partial charge < -0.3 is 14.8 Å². The largest absolute Gasteiger partial charge is 0.464 e. The van der Waals surface area contributed by atoms with Gasteiger partial charge in [-0.25, -0.2) is 0 Å². The summed E-state index contributed by atoms with van der Waals surface area (Å²) in [6.45, 7) is 5.88. The van der Waals surface area contributed by atoms with Crippen molar-refractivity contribution in [2.24, 2.45) is 0 Å². The molecule has 6 heteroatoms. The minimum Gasteiger partial charge on any atom is -0.464 e. The molecule has 0 aliphatic carbocycles. The van der Waals surface area contributed by atoms with Crippen LogP contribution in [0.3, 0.4) is 0 Å². The van der Waals surface area contributed by atoms with E-state index < -0.39 is 0 Å². The Hall–Kier alpha value is -1.92. The van der Waals surface area contributed by atoms with Crippen molar-refractivity contribution in [3.63, 3.8) is 0 Å². The fourth-order valence-corrected chi connectivity index (χ4v) is 2.24. The number of anilines is 1. The second-order valence-electron chi connectivity index (χ2n) is 5.23. The van der Waals surface area contributed by atoms with E-state index in [1.165, 1.54) is 6.92 Å². The third-order valence-electron chi connectivity index (χ3n) is 3.40. The number of carbonyl (C=O) groups excluding carboxylic acids is 2. The van der Waals surface area contributed by atoms with E-state index in [0.717, 1.165) is 44.1 Å². The van der Waals surface area contributed by atoms with Crippen molar-refractivity contribution in [1.29, 1.82) is 0 Å². The van der Waals surface area contributed by atoms with Gasteiger partial charge in [0.15, 0.2) is 0 Å². The van der Waals surface area contributed by atoms with E-state index in [-0.39, 0.29) is 18.3 Å². The Balaban J connectivity index is 1.68. The summed E-state index contributed by atoms with van der Waals surface area (Å²) in [6, 6.07) is 7.18. The third-order valence-corrected chi connectivity index (χ3v) is 3.40. The van der Waals surface area contributed by atoms with E-state index in [1.807, 2.05) is 12.1 Å². The van der Waals surface area contributed by atoms with Crippen LogP contribution in [0.2, 0.25) is 0 Å². The highest BCUT2D eigenvalue weighted by Gasteiger charge is 2.11. The van der Waals surface area contributed by atoms with E-state index in [4.69, 9.17) is 9.47 Å². The summed E-state index contributed by atoms with van der Waals surface area (Å²) in [5.74, 6) is -0.351. The highest BCUT2D eigenvalue weighted by molar-refractivity contribution is 5.88. The molecule has 0 unspecified atom stereocenters. The second kappa shape index (κ2) is 8.51. The number of benzene rings is 1. The molecule has 1 aliphatic rings. The first-order chi connectivity index (χ1) is 10.6. The molecule has 1 aromatic carbocycles. The Bertz CT molecular complexity index is 495. The van der Waals surface area contributed by atoms with Crippen molar-refractivity contribution in [3.05, 3.63) is 29.8 Å². The summed E-state index contributed by atoms with van der Waals surface area (Å²) >= 11 is 0. The number of esters is 1. The molecule has 1 fully saturated rings. The van der Waals surface area contributed by atoms with Crippen LogP contribution in [0.5, 0.6) is 0 Å². The molecule has 1 N–H and O–H groups in total. The molecule has 0 atom stereocenters. The zero-order valence-electron chi connectivity index (χ0n) is 12.8. The van der Waals surface area contributed by atoms with Crippen LogP contribution in [0.15, 0.2) is 24.3 Å². The Morgan fingerprint density at radius 1 is 1.23 bits per heavy atom. The Morgan fingerprint density at radius 2 is 1.91 bits per heavy atom. The molecule has 2 rings (SSSR count). The lowest BCUT2D eigenvalue weighted by Crippen LogP contribution is -2.38. The molecule has 6 nitrogen and oxygen atoms in total. The fourth-order valence-electron chi connectivity index (χ4n) is 2.24. The number of morpholine rings is 1. The number of nitrogens with zero attached hydrogens (tertiary/aromatic N) is 1. The minimum atomic E-state index is -0.236. The zero-order valence-corrected chi connectivity index (χ0v) is 12.8. The van der Waals surface area contributed by atoms with Gasteiger partial charge in [-0.3, -0.25) is 14.5 Å². The maximum atomic E-state index is 11.8. The summed E-state index contributed by atoms with van der Waals surface area (Å²) in [5, 5.41) is 2.69. The number of ether oxygens (including phenoxy) is 2. The highest BCUT2D eigenvalue weighted by atomic mass is 16.5. The molecule has 0 radical (unpaired) electrons. The van der Waals surface area contributed by atoms with Crippen molar-refractivity contribution >= 4 is 17.6 Å². The number of rotatable bonds is 6.